The average Bonchev–Trinajstić information content (AvgIpc) is 2.65. The molecule has 138 valence electrons. The number of hydrogen-bond donors (Lipinski definition) is 1. The van der Waals surface area contributed by atoms with Gasteiger partial charge in [0.15, 0.2) is 12.7 Å². The molecular formula is C19H20ClNO5. The van der Waals surface area contributed by atoms with Gasteiger partial charge >= 0.3 is 5.97 Å². The summed E-state index contributed by atoms with van der Waals surface area (Å²) in [4.78, 5) is 24.1. The minimum atomic E-state index is -0.777. The van der Waals surface area contributed by atoms with Crippen molar-refractivity contribution in [3.05, 3.63) is 53.6 Å². The SMILES string of the molecule is CC[C@@H](Oc1ccccc1)C(=O)OCC(=O)Nc1ccc(OC)c(Cl)c1. The van der Waals surface area contributed by atoms with Gasteiger partial charge in [0.2, 0.25) is 0 Å². The van der Waals surface area contributed by atoms with Crippen LogP contribution in [0.3, 0.4) is 0 Å². The summed E-state index contributed by atoms with van der Waals surface area (Å²) < 4.78 is 15.7. The van der Waals surface area contributed by atoms with Gasteiger partial charge in [-0.25, -0.2) is 4.79 Å². The largest absolute Gasteiger partial charge is 0.495 e. The molecule has 0 saturated carbocycles. The van der Waals surface area contributed by atoms with Gasteiger partial charge in [0.1, 0.15) is 11.5 Å². The maximum Gasteiger partial charge on any atom is 0.347 e. The third-order valence-electron chi connectivity index (χ3n) is 3.44. The van der Waals surface area contributed by atoms with Crippen molar-refractivity contribution in [2.24, 2.45) is 0 Å². The second-order valence-corrected chi connectivity index (χ2v) is 5.74. The van der Waals surface area contributed by atoms with E-state index in [1.807, 2.05) is 6.07 Å². The molecule has 2 rings (SSSR count). The third kappa shape index (κ3) is 5.67. The highest BCUT2D eigenvalue weighted by molar-refractivity contribution is 6.32. The van der Waals surface area contributed by atoms with Crippen LogP contribution in [-0.4, -0.2) is 31.7 Å². The molecule has 1 atom stereocenters. The number of amides is 1. The van der Waals surface area contributed by atoms with Gasteiger partial charge in [0, 0.05) is 5.69 Å². The fourth-order valence-corrected chi connectivity index (χ4v) is 2.39. The number of ether oxygens (including phenoxy) is 3. The Balaban J connectivity index is 1.85. The Morgan fingerprint density at radius 1 is 1.15 bits per heavy atom. The van der Waals surface area contributed by atoms with Crippen LogP contribution in [0.5, 0.6) is 11.5 Å². The van der Waals surface area contributed by atoms with Crippen molar-refractivity contribution in [1.82, 2.24) is 0 Å². The normalized spacial score (nSPS) is 11.3. The zero-order valence-electron chi connectivity index (χ0n) is 14.5. The highest BCUT2D eigenvalue weighted by Crippen LogP contribution is 2.27. The number of carbonyl (C=O) groups excluding carboxylic acids is 2. The molecule has 1 amide bonds. The first-order chi connectivity index (χ1) is 12.5. The number of methoxy groups -OCH3 is 1. The number of esters is 1. The molecule has 0 bridgehead atoms. The van der Waals surface area contributed by atoms with E-state index >= 15 is 0 Å². The smallest absolute Gasteiger partial charge is 0.347 e. The van der Waals surface area contributed by atoms with Gasteiger partial charge in [0.25, 0.3) is 5.91 Å². The van der Waals surface area contributed by atoms with E-state index in [1.165, 1.54) is 7.11 Å². The summed E-state index contributed by atoms with van der Waals surface area (Å²) in [5, 5.41) is 2.96. The molecular weight excluding hydrogens is 358 g/mol. The number of para-hydroxylation sites is 1. The molecule has 7 heteroatoms. The van der Waals surface area contributed by atoms with Gasteiger partial charge in [-0.05, 0) is 36.8 Å². The molecule has 0 aliphatic heterocycles. The molecule has 0 aliphatic rings. The van der Waals surface area contributed by atoms with Crippen molar-refractivity contribution in [1.29, 1.82) is 0 Å². The Hall–Kier alpha value is -2.73. The van der Waals surface area contributed by atoms with E-state index in [4.69, 9.17) is 25.8 Å². The number of hydrogen-bond acceptors (Lipinski definition) is 5. The van der Waals surface area contributed by atoms with Crippen LogP contribution in [0, 0.1) is 0 Å². The van der Waals surface area contributed by atoms with Gasteiger partial charge in [-0.15, -0.1) is 0 Å². The summed E-state index contributed by atoms with van der Waals surface area (Å²) in [5.41, 5.74) is 0.476. The van der Waals surface area contributed by atoms with E-state index in [1.54, 1.807) is 49.4 Å². The highest BCUT2D eigenvalue weighted by Gasteiger charge is 2.21. The third-order valence-corrected chi connectivity index (χ3v) is 3.73. The summed E-state index contributed by atoms with van der Waals surface area (Å²) >= 11 is 6.00. The van der Waals surface area contributed by atoms with Crippen LogP contribution in [0.25, 0.3) is 0 Å². The van der Waals surface area contributed by atoms with Crippen LogP contribution in [0.2, 0.25) is 5.02 Å². The van der Waals surface area contributed by atoms with E-state index in [9.17, 15) is 9.59 Å². The number of rotatable bonds is 8. The summed E-state index contributed by atoms with van der Waals surface area (Å²) in [5.74, 6) is -0.0121. The summed E-state index contributed by atoms with van der Waals surface area (Å²) in [7, 11) is 1.50. The number of benzene rings is 2. The molecule has 0 heterocycles. The predicted molar refractivity (Wildman–Crippen MR) is 98.7 cm³/mol. The first-order valence-corrected chi connectivity index (χ1v) is 8.43. The van der Waals surface area contributed by atoms with Crippen molar-refractivity contribution in [2.75, 3.05) is 19.0 Å². The first-order valence-electron chi connectivity index (χ1n) is 8.05. The van der Waals surface area contributed by atoms with Gasteiger partial charge < -0.3 is 19.5 Å². The summed E-state index contributed by atoms with van der Waals surface area (Å²) in [6, 6.07) is 13.8. The molecule has 0 aliphatic carbocycles. The Morgan fingerprint density at radius 3 is 2.50 bits per heavy atom. The fraction of sp³-hybridized carbons (Fsp3) is 0.263. The van der Waals surface area contributed by atoms with Crippen LogP contribution in [0.15, 0.2) is 48.5 Å². The minimum Gasteiger partial charge on any atom is -0.495 e. The van der Waals surface area contributed by atoms with Gasteiger partial charge in [-0.3, -0.25) is 4.79 Å². The number of halogens is 1. The second kappa shape index (κ2) is 9.68. The number of nitrogens with one attached hydrogen (secondary N) is 1. The molecule has 0 spiro atoms. The quantitative estimate of drug-likeness (QED) is 0.710. The maximum absolute atomic E-state index is 12.1. The van der Waals surface area contributed by atoms with Gasteiger partial charge in [0.05, 0.1) is 12.1 Å². The Bertz CT molecular complexity index is 751. The zero-order chi connectivity index (χ0) is 18.9. The lowest BCUT2D eigenvalue weighted by Crippen LogP contribution is -2.31. The van der Waals surface area contributed by atoms with Gasteiger partial charge in [-0.2, -0.15) is 0 Å². The van der Waals surface area contributed by atoms with E-state index in [0.29, 0.717) is 28.6 Å². The van der Waals surface area contributed by atoms with Crippen molar-refractivity contribution < 1.29 is 23.8 Å². The Morgan fingerprint density at radius 2 is 1.88 bits per heavy atom. The fourth-order valence-electron chi connectivity index (χ4n) is 2.13. The molecule has 1 N–H and O–H groups in total. The van der Waals surface area contributed by atoms with E-state index < -0.39 is 24.6 Å². The summed E-state index contributed by atoms with van der Waals surface area (Å²) in [6.45, 7) is 1.38. The summed E-state index contributed by atoms with van der Waals surface area (Å²) in [6.07, 6.45) is -0.357. The van der Waals surface area contributed by atoms with E-state index in [2.05, 4.69) is 5.32 Å². The molecule has 2 aromatic rings. The molecule has 0 fully saturated rings. The molecule has 0 radical (unpaired) electrons. The maximum atomic E-state index is 12.1. The zero-order valence-corrected chi connectivity index (χ0v) is 15.3. The van der Waals surface area contributed by atoms with Crippen LogP contribution in [0.1, 0.15) is 13.3 Å². The average molecular weight is 378 g/mol. The van der Waals surface area contributed by atoms with E-state index in [-0.39, 0.29) is 0 Å². The molecule has 0 unspecified atom stereocenters. The first kappa shape index (κ1) is 19.6. The Labute approximate surface area is 157 Å². The topological polar surface area (TPSA) is 73.9 Å². The molecule has 0 saturated heterocycles. The number of carbonyl (C=O) groups is 2. The molecule has 26 heavy (non-hydrogen) atoms. The molecule has 0 aromatic heterocycles. The molecule has 6 nitrogen and oxygen atoms in total. The lowest BCUT2D eigenvalue weighted by atomic mass is 10.2. The van der Waals surface area contributed by atoms with Crippen molar-refractivity contribution in [2.45, 2.75) is 19.4 Å². The Kier molecular flexibility index (Phi) is 7.29. The monoisotopic (exact) mass is 377 g/mol. The number of anilines is 1. The van der Waals surface area contributed by atoms with Crippen molar-refractivity contribution in [3.63, 3.8) is 0 Å². The van der Waals surface area contributed by atoms with Crippen LogP contribution in [-0.2, 0) is 14.3 Å². The van der Waals surface area contributed by atoms with Crippen LogP contribution >= 0.6 is 11.6 Å². The highest BCUT2D eigenvalue weighted by atomic mass is 35.5. The van der Waals surface area contributed by atoms with Crippen molar-refractivity contribution >= 4 is 29.2 Å². The predicted octanol–water partition coefficient (Wildman–Crippen LogP) is 3.69. The lowest BCUT2D eigenvalue weighted by Gasteiger charge is -2.16. The van der Waals surface area contributed by atoms with Crippen LogP contribution < -0.4 is 14.8 Å². The van der Waals surface area contributed by atoms with Gasteiger partial charge in [-0.1, -0.05) is 36.7 Å². The van der Waals surface area contributed by atoms with E-state index in [0.717, 1.165) is 0 Å². The minimum absolute atomic E-state index is 0.365. The van der Waals surface area contributed by atoms with Crippen molar-refractivity contribution in [3.8, 4) is 11.5 Å². The lowest BCUT2D eigenvalue weighted by molar-refractivity contribution is -0.154. The second-order valence-electron chi connectivity index (χ2n) is 5.33. The standard InChI is InChI=1S/C19H20ClNO5/c1-3-16(26-14-7-5-4-6-8-14)19(23)25-12-18(22)21-13-9-10-17(24-2)15(20)11-13/h4-11,16H,3,12H2,1-2H3,(H,21,22)/t16-/m1/s1. The van der Waals surface area contributed by atoms with Crippen LogP contribution in [0.4, 0.5) is 5.69 Å². The molecule has 2 aromatic carbocycles.